The number of nitrogens with one attached hydrogen (secondary N) is 1. The number of imide groups is 1. The monoisotopic (exact) mass is 410 g/mol. The van der Waals surface area contributed by atoms with Gasteiger partial charge >= 0.3 is 0 Å². The summed E-state index contributed by atoms with van der Waals surface area (Å²) in [7, 11) is 1.59. The number of aromatic nitrogens is 2. The van der Waals surface area contributed by atoms with Crippen LogP contribution in [0.2, 0.25) is 0 Å². The fourth-order valence-electron chi connectivity index (χ4n) is 3.59. The number of benzene rings is 1. The molecule has 1 aromatic carbocycles. The van der Waals surface area contributed by atoms with E-state index in [1.165, 1.54) is 16.2 Å². The summed E-state index contributed by atoms with van der Waals surface area (Å²) in [6.07, 6.45) is 0.118. The minimum Gasteiger partial charge on any atom is -0.377 e. The standard InChI is InChI=1S/C21H22N4O3S/c1-12(2)25-17(26)9-15(21(25)27)22-19-18-14(13-7-5-4-6-8-13)11-29-20(18)24-16(23-19)10-28-3/h4-8,11-12,15H,9-10H2,1-3H3,(H,22,23,24). The van der Waals surface area contributed by atoms with Crippen LogP contribution in [0.1, 0.15) is 26.1 Å². The molecule has 4 rings (SSSR count). The van der Waals surface area contributed by atoms with Crippen LogP contribution in [0.4, 0.5) is 5.82 Å². The lowest BCUT2D eigenvalue weighted by Crippen LogP contribution is -2.39. The summed E-state index contributed by atoms with van der Waals surface area (Å²) >= 11 is 1.52. The first-order valence-electron chi connectivity index (χ1n) is 9.44. The highest BCUT2D eigenvalue weighted by atomic mass is 32.1. The van der Waals surface area contributed by atoms with Gasteiger partial charge in [0.2, 0.25) is 5.91 Å². The van der Waals surface area contributed by atoms with Crippen molar-refractivity contribution in [2.24, 2.45) is 0 Å². The molecule has 1 atom stereocenters. The van der Waals surface area contributed by atoms with Gasteiger partial charge in [-0.15, -0.1) is 11.3 Å². The zero-order valence-electron chi connectivity index (χ0n) is 16.5. The van der Waals surface area contributed by atoms with Gasteiger partial charge in [-0.05, 0) is 19.4 Å². The lowest BCUT2D eigenvalue weighted by molar-refractivity contribution is -0.140. The molecule has 2 amide bonds. The minimum atomic E-state index is -0.637. The van der Waals surface area contributed by atoms with Crippen LogP contribution in [0.15, 0.2) is 35.7 Å². The Hall–Kier alpha value is -2.84. The Morgan fingerprint density at radius 1 is 1.24 bits per heavy atom. The summed E-state index contributed by atoms with van der Waals surface area (Å²) in [5.41, 5.74) is 2.04. The number of hydrogen-bond donors (Lipinski definition) is 1. The number of thiophene rings is 1. The van der Waals surface area contributed by atoms with Gasteiger partial charge in [0.05, 0.1) is 11.8 Å². The van der Waals surface area contributed by atoms with E-state index in [0.29, 0.717) is 11.6 Å². The third-order valence-electron chi connectivity index (χ3n) is 4.85. The molecule has 0 saturated carbocycles. The van der Waals surface area contributed by atoms with E-state index in [0.717, 1.165) is 21.3 Å². The second kappa shape index (κ2) is 7.88. The van der Waals surface area contributed by atoms with E-state index in [1.54, 1.807) is 7.11 Å². The quantitative estimate of drug-likeness (QED) is 0.627. The van der Waals surface area contributed by atoms with Crippen LogP contribution >= 0.6 is 11.3 Å². The van der Waals surface area contributed by atoms with Gasteiger partial charge < -0.3 is 10.1 Å². The first kappa shape index (κ1) is 19.5. The van der Waals surface area contributed by atoms with Crippen molar-refractivity contribution in [1.82, 2.24) is 14.9 Å². The molecule has 3 heterocycles. The van der Waals surface area contributed by atoms with Crippen LogP contribution in [0.3, 0.4) is 0 Å². The van der Waals surface area contributed by atoms with Crippen molar-refractivity contribution >= 4 is 39.2 Å². The van der Waals surface area contributed by atoms with E-state index in [1.807, 2.05) is 49.6 Å². The van der Waals surface area contributed by atoms with Gasteiger partial charge in [-0.3, -0.25) is 14.5 Å². The van der Waals surface area contributed by atoms with Crippen LogP contribution in [0.25, 0.3) is 21.3 Å². The Labute approximate surface area is 172 Å². The van der Waals surface area contributed by atoms with Gasteiger partial charge in [-0.1, -0.05) is 30.3 Å². The molecule has 1 unspecified atom stereocenters. The fraction of sp³-hybridized carbons (Fsp3) is 0.333. The lowest BCUT2D eigenvalue weighted by Gasteiger charge is -2.19. The molecular formula is C21H22N4O3S. The van der Waals surface area contributed by atoms with Gasteiger partial charge in [0.15, 0.2) is 5.82 Å². The molecule has 1 fully saturated rings. The maximum Gasteiger partial charge on any atom is 0.252 e. The molecule has 1 N–H and O–H groups in total. The number of hydrogen-bond acceptors (Lipinski definition) is 7. The topological polar surface area (TPSA) is 84.4 Å². The van der Waals surface area contributed by atoms with Crippen molar-refractivity contribution < 1.29 is 14.3 Å². The van der Waals surface area contributed by atoms with E-state index in [4.69, 9.17) is 4.74 Å². The van der Waals surface area contributed by atoms with E-state index in [9.17, 15) is 9.59 Å². The second-order valence-electron chi connectivity index (χ2n) is 7.21. The maximum atomic E-state index is 12.8. The summed E-state index contributed by atoms with van der Waals surface area (Å²) in [6.45, 7) is 3.94. The number of ether oxygens (including phenoxy) is 1. The van der Waals surface area contributed by atoms with Crippen molar-refractivity contribution in [1.29, 1.82) is 0 Å². The van der Waals surface area contributed by atoms with Crippen LogP contribution in [0, 0.1) is 0 Å². The van der Waals surface area contributed by atoms with Crippen LogP contribution in [0.5, 0.6) is 0 Å². The SMILES string of the molecule is COCc1nc(NC2CC(=O)N(C(C)C)C2=O)c2c(-c3ccccc3)csc2n1. The zero-order chi connectivity index (χ0) is 20.5. The second-order valence-corrected chi connectivity index (χ2v) is 8.07. The Bertz CT molecular complexity index is 1060. The van der Waals surface area contributed by atoms with Gasteiger partial charge in [0.25, 0.3) is 5.91 Å². The van der Waals surface area contributed by atoms with Crippen molar-refractivity contribution in [2.75, 3.05) is 12.4 Å². The fourth-order valence-corrected chi connectivity index (χ4v) is 4.55. The van der Waals surface area contributed by atoms with E-state index < -0.39 is 6.04 Å². The highest BCUT2D eigenvalue weighted by Gasteiger charge is 2.40. The Kier molecular flexibility index (Phi) is 5.29. The smallest absolute Gasteiger partial charge is 0.252 e. The molecule has 2 aromatic heterocycles. The number of amides is 2. The van der Waals surface area contributed by atoms with Crippen molar-refractivity contribution in [3.05, 3.63) is 41.5 Å². The number of rotatable bonds is 6. The highest BCUT2D eigenvalue weighted by molar-refractivity contribution is 7.17. The number of fused-ring (bicyclic) bond motifs is 1. The third-order valence-corrected chi connectivity index (χ3v) is 5.72. The Morgan fingerprint density at radius 3 is 2.66 bits per heavy atom. The average Bonchev–Trinajstić information content (AvgIpc) is 3.23. The van der Waals surface area contributed by atoms with Crippen LogP contribution < -0.4 is 5.32 Å². The van der Waals surface area contributed by atoms with Crippen molar-refractivity contribution in [2.45, 2.75) is 39.0 Å². The molecule has 3 aromatic rings. The van der Waals surface area contributed by atoms with Gasteiger partial charge in [-0.2, -0.15) is 0 Å². The number of carbonyl (C=O) groups is 2. The molecule has 0 radical (unpaired) electrons. The van der Waals surface area contributed by atoms with Gasteiger partial charge in [0, 0.05) is 24.1 Å². The summed E-state index contributed by atoms with van der Waals surface area (Å²) in [4.78, 5) is 36.4. The largest absolute Gasteiger partial charge is 0.377 e. The highest BCUT2D eigenvalue weighted by Crippen LogP contribution is 2.37. The zero-order valence-corrected chi connectivity index (χ0v) is 17.3. The van der Waals surface area contributed by atoms with Gasteiger partial charge in [-0.25, -0.2) is 9.97 Å². The number of nitrogens with zero attached hydrogens (tertiary/aromatic N) is 3. The van der Waals surface area contributed by atoms with Gasteiger partial charge in [0.1, 0.15) is 23.3 Å². The molecule has 0 aliphatic carbocycles. The number of likely N-dealkylation sites (tertiary alicyclic amines) is 1. The summed E-state index contributed by atoms with van der Waals surface area (Å²) < 4.78 is 5.20. The molecule has 1 aliphatic rings. The first-order chi connectivity index (χ1) is 14.0. The molecule has 7 nitrogen and oxygen atoms in total. The molecule has 8 heteroatoms. The molecule has 150 valence electrons. The Morgan fingerprint density at radius 2 is 2.00 bits per heavy atom. The first-order valence-corrected chi connectivity index (χ1v) is 10.3. The third kappa shape index (κ3) is 3.61. The average molecular weight is 410 g/mol. The number of anilines is 1. The van der Waals surface area contributed by atoms with Crippen LogP contribution in [-0.2, 0) is 20.9 Å². The Balaban J connectivity index is 1.79. The maximum absolute atomic E-state index is 12.8. The summed E-state index contributed by atoms with van der Waals surface area (Å²) in [6, 6.07) is 9.17. The van der Waals surface area contributed by atoms with E-state index >= 15 is 0 Å². The molecule has 1 saturated heterocycles. The van der Waals surface area contributed by atoms with E-state index in [-0.39, 0.29) is 30.9 Å². The van der Waals surface area contributed by atoms with Crippen molar-refractivity contribution in [3.63, 3.8) is 0 Å². The predicted molar refractivity (Wildman–Crippen MR) is 113 cm³/mol. The van der Waals surface area contributed by atoms with Crippen LogP contribution in [-0.4, -0.2) is 45.9 Å². The van der Waals surface area contributed by atoms with E-state index in [2.05, 4.69) is 15.3 Å². The normalized spacial score (nSPS) is 17.0. The lowest BCUT2D eigenvalue weighted by atomic mass is 10.1. The minimum absolute atomic E-state index is 0.118. The predicted octanol–water partition coefficient (Wildman–Crippen LogP) is 3.45. The molecular weight excluding hydrogens is 388 g/mol. The number of carbonyl (C=O) groups excluding carboxylic acids is 2. The summed E-state index contributed by atoms with van der Waals surface area (Å²) in [5.74, 6) is 0.695. The van der Waals surface area contributed by atoms with Crippen molar-refractivity contribution in [3.8, 4) is 11.1 Å². The number of methoxy groups -OCH3 is 1. The molecule has 1 aliphatic heterocycles. The molecule has 0 bridgehead atoms. The summed E-state index contributed by atoms with van der Waals surface area (Å²) in [5, 5.41) is 6.12. The molecule has 29 heavy (non-hydrogen) atoms. The molecule has 0 spiro atoms.